The van der Waals surface area contributed by atoms with E-state index in [1.165, 1.54) is 14.1 Å². The third-order valence-corrected chi connectivity index (χ3v) is 4.89. The molecule has 0 spiro atoms. The van der Waals surface area contributed by atoms with Gasteiger partial charge in [-0.3, -0.25) is 4.79 Å². The molecule has 0 fully saturated rings. The molecule has 1 aromatic carbocycles. The molecule has 1 rings (SSSR count). The molecule has 0 bridgehead atoms. The van der Waals surface area contributed by atoms with Crippen molar-refractivity contribution in [3.63, 3.8) is 0 Å². The number of anilines is 1. The van der Waals surface area contributed by atoms with Crippen LogP contribution in [0.3, 0.4) is 0 Å². The molecule has 0 aliphatic rings. The van der Waals surface area contributed by atoms with Gasteiger partial charge in [0.2, 0.25) is 5.91 Å². The van der Waals surface area contributed by atoms with Crippen molar-refractivity contribution in [3.05, 3.63) is 28.8 Å². The zero-order valence-electron chi connectivity index (χ0n) is 13.2. The Morgan fingerprint density at radius 3 is 2.33 bits per heavy atom. The summed E-state index contributed by atoms with van der Waals surface area (Å²) in [7, 11) is -1.08. The number of alkyl halides is 3. The predicted octanol–water partition coefficient (Wildman–Crippen LogP) is 2.11. The minimum atomic E-state index is -4.59. The van der Waals surface area contributed by atoms with E-state index in [1.807, 2.05) is 0 Å². The van der Waals surface area contributed by atoms with Crippen LogP contribution < -0.4 is 9.62 Å². The van der Waals surface area contributed by atoms with E-state index in [2.05, 4.69) is 4.72 Å². The molecule has 0 unspecified atom stereocenters. The normalized spacial score (nSPS) is 12.5. The Balaban J connectivity index is 3.03. The van der Waals surface area contributed by atoms with Gasteiger partial charge in [0.15, 0.2) is 0 Å². The Hall–Kier alpha value is -1.36. The Bertz CT molecular complexity index is 708. The number of nitrogens with one attached hydrogen (secondary N) is 1. The Morgan fingerprint density at radius 2 is 1.88 bits per heavy atom. The Kier molecular flexibility index (Phi) is 6.62. The van der Waals surface area contributed by atoms with Crippen LogP contribution in [0.15, 0.2) is 18.2 Å². The van der Waals surface area contributed by atoms with Gasteiger partial charge in [0.25, 0.3) is 10.2 Å². The first-order valence-electron chi connectivity index (χ1n) is 6.68. The van der Waals surface area contributed by atoms with Crippen LogP contribution in [0.2, 0.25) is 5.02 Å². The lowest BCUT2D eigenvalue weighted by atomic mass is 10.1. The standard InChI is InChI=1S/C13H17ClF3N3O3S/c1-9(21)20(7-6-18-24(22,23)19(2)3)12-8-10(13(15,16)17)4-5-11(12)14/h4-5,8,18H,6-7H2,1-3H3. The first kappa shape index (κ1) is 20.7. The van der Waals surface area contributed by atoms with E-state index in [1.54, 1.807) is 0 Å². The largest absolute Gasteiger partial charge is 0.416 e. The molecule has 0 aliphatic heterocycles. The molecule has 0 saturated carbocycles. The number of hydrogen-bond donors (Lipinski definition) is 1. The van der Waals surface area contributed by atoms with Crippen molar-refractivity contribution in [3.8, 4) is 0 Å². The molecular weight excluding hydrogens is 371 g/mol. The number of hydrogen-bond acceptors (Lipinski definition) is 3. The van der Waals surface area contributed by atoms with Gasteiger partial charge < -0.3 is 4.90 Å². The van der Waals surface area contributed by atoms with Gasteiger partial charge in [0.1, 0.15) is 0 Å². The first-order valence-corrected chi connectivity index (χ1v) is 8.50. The molecule has 0 saturated heterocycles. The molecule has 0 aliphatic carbocycles. The molecule has 0 heterocycles. The highest BCUT2D eigenvalue weighted by Crippen LogP contribution is 2.35. The van der Waals surface area contributed by atoms with Gasteiger partial charge >= 0.3 is 6.18 Å². The maximum Gasteiger partial charge on any atom is 0.416 e. The summed E-state index contributed by atoms with van der Waals surface area (Å²) in [6, 6.07) is 2.60. The second-order valence-corrected chi connectivity index (χ2v) is 7.39. The van der Waals surface area contributed by atoms with Crippen molar-refractivity contribution in [1.29, 1.82) is 0 Å². The molecular formula is C13H17ClF3N3O3S. The number of benzene rings is 1. The first-order chi connectivity index (χ1) is 10.9. The van der Waals surface area contributed by atoms with Gasteiger partial charge in [-0.15, -0.1) is 0 Å². The topological polar surface area (TPSA) is 69.7 Å². The van der Waals surface area contributed by atoms with Crippen molar-refractivity contribution in [2.75, 3.05) is 32.1 Å². The number of halogens is 4. The van der Waals surface area contributed by atoms with E-state index in [0.29, 0.717) is 0 Å². The fourth-order valence-electron chi connectivity index (χ4n) is 1.76. The van der Waals surface area contributed by atoms with E-state index in [9.17, 15) is 26.4 Å². The highest BCUT2D eigenvalue weighted by atomic mass is 35.5. The second kappa shape index (κ2) is 7.68. The van der Waals surface area contributed by atoms with Crippen LogP contribution in [-0.2, 0) is 21.2 Å². The van der Waals surface area contributed by atoms with Gasteiger partial charge in [0, 0.05) is 34.1 Å². The lowest BCUT2D eigenvalue weighted by molar-refractivity contribution is -0.137. The Morgan fingerprint density at radius 1 is 1.29 bits per heavy atom. The minimum absolute atomic E-state index is 0.0475. The van der Waals surface area contributed by atoms with Crippen LogP contribution in [0, 0.1) is 0 Å². The van der Waals surface area contributed by atoms with Crippen molar-refractivity contribution in [2.24, 2.45) is 0 Å². The summed E-state index contributed by atoms with van der Waals surface area (Å²) in [5.41, 5.74) is -1.09. The van der Waals surface area contributed by atoms with E-state index in [-0.39, 0.29) is 23.8 Å². The summed E-state index contributed by atoms with van der Waals surface area (Å²) >= 11 is 5.90. The third-order valence-electron chi connectivity index (χ3n) is 3.04. The highest BCUT2D eigenvalue weighted by molar-refractivity contribution is 7.87. The van der Waals surface area contributed by atoms with Crippen LogP contribution in [0.1, 0.15) is 12.5 Å². The summed E-state index contributed by atoms with van der Waals surface area (Å²) in [5, 5.41) is -0.0475. The third kappa shape index (κ3) is 5.33. The average Bonchev–Trinajstić information content (AvgIpc) is 2.42. The molecule has 6 nitrogen and oxygen atoms in total. The molecule has 0 radical (unpaired) electrons. The van der Waals surface area contributed by atoms with Crippen molar-refractivity contribution >= 4 is 33.4 Å². The number of carbonyl (C=O) groups is 1. The van der Waals surface area contributed by atoms with Crippen LogP contribution >= 0.6 is 11.6 Å². The summed E-state index contributed by atoms with van der Waals surface area (Å²) in [6.45, 7) is 0.785. The number of amides is 1. The van der Waals surface area contributed by atoms with E-state index < -0.39 is 27.9 Å². The molecule has 136 valence electrons. The van der Waals surface area contributed by atoms with Gasteiger partial charge in [-0.1, -0.05) is 11.6 Å². The molecule has 1 N–H and O–H groups in total. The monoisotopic (exact) mass is 387 g/mol. The highest BCUT2D eigenvalue weighted by Gasteiger charge is 2.32. The molecule has 11 heteroatoms. The average molecular weight is 388 g/mol. The van der Waals surface area contributed by atoms with E-state index >= 15 is 0 Å². The second-order valence-electron chi connectivity index (χ2n) is 5.02. The van der Waals surface area contributed by atoms with Crippen LogP contribution in [-0.4, -0.2) is 45.8 Å². The summed E-state index contributed by atoms with van der Waals surface area (Å²) in [5.74, 6) is -0.569. The van der Waals surface area contributed by atoms with Gasteiger partial charge in [-0.05, 0) is 18.2 Å². The maximum atomic E-state index is 12.8. The van der Waals surface area contributed by atoms with E-state index in [4.69, 9.17) is 11.6 Å². The summed E-state index contributed by atoms with van der Waals surface area (Å²) < 4.78 is 64.8. The van der Waals surface area contributed by atoms with Gasteiger partial charge in [-0.2, -0.15) is 25.9 Å². The molecule has 1 amide bonds. The van der Waals surface area contributed by atoms with Crippen molar-refractivity contribution in [1.82, 2.24) is 9.03 Å². The summed E-state index contributed by atoms with van der Waals surface area (Å²) in [6.07, 6.45) is -4.59. The fraction of sp³-hybridized carbons (Fsp3) is 0.462. The zero-order chi connectivity index (χ0) is 18.7. The maximum absolute atomic E-state index is 12.8. The van der Waals surface area contributed by atoms with Crippen molar-refractivity contribution < 1.29 is 26.4 Å². The van der Waals surface area contributed by atoms with Crippen LogP contribution in [0.5, 0.6) is 0 Å². The fourth-order valence-corrected chi connectivity index (χ4v) is 2.59. The zero-order valence-corrected chi connectivity index (χ0v) is 14.8. The molecule has 0 atom stereocenters. The lowest BCUT2D eigenvalue weighted by Crippen LogP contribution is -2.41. The van der Waals surface area contributed by atoms with Gasteiger partial charge in [0.05, 0.1) is 16.3 Å². The summed E-state index contributed by atoms with van der Waals surface area (Å²) in [4.78, 5) is 12.7. The van der Waals surface area contributed by atoms with Crippen molar-refractivity contribution in [2.45, 2.75) is 13.1 Å². The Labute approximate surface area is 143 Å². The number of carbonyl (C=O) groups excluding carboxylic acids is 1. The molecule has 24 heavy (non-hydrogen) atoms. The predicted molar refractivity (Wildman–Crippen MR) is 85.1 cm³/mol. The van der Waals surface area contributed by atoms with Gasteiger partial charge in [-0.25, -0.2) is 4.72 Å². The quantitative estimate of drug-likeness (QED) is 0.812. The molecule has 1 aromatic rings. The van der Waals surface area contributed by atoms with Crippen LogP contribution in [0.25, 0.3) is 0 Å². The minimum Gasteiger partial charge on any atom is -0.310 e. The molecule has 0 aromatic heterocycles. The van der Waals surface area contributed by atoms with E-state index in [0.717, 1.165) is 34.3 Å². The lowest BCUT2D eigenvalue weighted by Gasteiger charge is -2.24. The SMILES string of the molecule is CC(=O)N(CCNS(=O)(=O)N(C)C)c1cc(C(F)(F)F)ccc1Cl. The van der Waals surface area contributed by atoms with Crippen LogP contribution in [0.4, 0.5) is 18.9 Å². The number of nitrogens with zero attached hydrogens (tertiary/aromatic N) is 2. The number of rotatable bonds is 6. The smallest absolute Gasteiger partial charge is 0.310 e.